The van der Waals surface area contributed by atoms with Crippen molar-refractivity contribution in [2.75, 3.05) is 18.0 Å². The average Bonchev–Trinajstić information content (AvgIpc) is 3.07. The Kier molecular flexibility index (Phi) is 4.75. The second-order valence-corrected chi connectivity index (χ2v) is 7.14. The first-order chi connectivity index (χ1) is 13.1. The molecule has 1 aliphatic heterocycles. The van der Waals surface area contributed by atoms with Gasteiger partial charge in [-0.25, -0.2) is 9.97 Å². The molecule has 2 N–H and O–H groups in total. The van der Waals surface area contributed by atoms with Crippen LogP contribution in [0.4, 0.5) is 5.82 Å². The van der Waals surface area contributed by atoms with E-state index in [1.54, 1.807) is 10.9 Å². The van der Waals surface area contributed by atoms with Gasteiger partial charge in [0.15, 0.2) is 5.65 Å². The van der Waals surface area contributed by atoms with Crippen molar-refractivity contribution < 1.29 is 4.79 Å². The smallest absolute Gasteiger partial charge is 0.222 e. The zero-order chi connectivity index (χ0) is 18.8. The number of anilines is 1. The summed E-state index contributed by atoms with van der Waals surface area (Å²) < 4.78 is 1.78. The first kappa shape index (κ1) is 17.5. The van der Waals surface area contributed by atoms with Crippen LogP contribution in [0.3, 0.4) is 0 Å². The van der Waals surface area contributed by atoms with Gasteiger partial charge in [-0.15, -0.1) is 0 Å². The number of rotatable bonds is 5. The Morgan fingerprint density at radius 2 is 2.04 bits per heavy atom. The van der Waals surface area contributed by atoms with E-state index >= 15 is 0 Å². The Morgan fingerprint density at radius 3 is 2.81 bits per heavy atom. The first-order valence-electron chi connectivity index (χ1n) is 9.38. The Labute approximate surface area is 158 Å². The molecule has 1 fully saturated rings. The van der Waals surface area contributed by atoms with Crippen LogP contribution < -0.4 is 10.6 Å². The van der Waals surface area contributed by atoms with Gasteiger partial charge in [0.25, 0.3) is 0 Å². The molecule has 3 aromatic rings. The van der Waals surface area contributed by atoms with E-state index in [0.717, 1.165) is 54.9 Å². The summed E-state index contributed by atoms with van der Waals surface area (Å²) in [4.78, 5) is 23.4. The summed E-state index contributed by atoms with van der Waals surface area (Å²) in [6.07, 6.45) is 5.21. The quantitative estimate of drug-likeness (QED) is 0.746. The molecular formula is C20H24N6O. The predicted octanol–water partition coefficient (Wildman–Crippen LogP) is 1.85. The number of carbonyl (C=O) groups excluding carboxylic acids is 1. The van der Waals surface area contributed by atoms with Crippen LogP contribution in [0.15, 0.2) is 36.5 Å². The van der Waals surface area contributed by atoms with Crippen molar-refractivity contribution in [3.05, 3.63) is 47.9 Å². The summed E-state index contributed by atoms with van der Waals surface area (Å²) in [7, 11) is 1.89. The maximum atomic E-state index is 11.7. The molecule has 140 valence electrons. The molecule has 7 heteroatoms. The van der Waals surface area contributed by atoms with Crippen molar-refractivity contribution >= 4 is 22.8 Å². The molecular weight excluding hydrogens is 340 g/mol. The van der Waals surface area contributed by atoms with Gasteiger partial charge in [0, 0.05) is 26.6 Å². The summed E-state index contributed by atoms with van der Waals surface area (Å²) in [5, 5.41) is 5.28. The minimum absolute atomic E-state index is 0.131. The molecule has 1 aliphatic rings. The lowest BCUT2D eigenvalue weighted by Gasteiger charge is -2.32. The number of piperidine rings is 1. The molecule has 0 radical (unpaired) electrons. The lowest BCUT2D eigenvalue weighted by Crippen LogP contribution is -2.41. The zero-order valence-electron chi connectivity index (χ0n) is 15.5. The molecule has 0 saturated carbocycles. The molecule has 7 nitrogen and oxygen atoms in total. The van der Waals surface area contributed by atoms with Crippen molar-refractivity contribution in [1.82, 2.24) is 19.7 Å². The fraction of sp³-hybridized carbons (Fsp3) is 0.400. The number of aromatic nitrogens is 4. The third kappa shape index (κ3) is 3.63. The lowest BCUT2D eigenvalue weighted by molar-refractivity contribution is -0.122. The van der Waals surface area contributed by atoms with Crippen molar-refractivity contribution in [3.63, 3.8) is 0 Å². The molecule has 1 amide bonds. The second-order valence-electron chi connectivity index (χ2n) is 7.14. The van der Waals surface area contributed by atoms with Crippen LogP contribution in [0.25, 0.3) is 11.0 Å². The van der Waals surface area contributed by atoms with Gasteiger partial charge >= 0.3 is 0 Å². The first-order valence-corrected chi connectivity index (χ1v) is 9.38. The largest absolute Gasteiger partial charge is 0.369 e. The van der Waals surface area contributed by atoms with Crippen LogP contribution in [0, 0.1) is 5.92 Å². The van der Waals surface area contributed by atoms with E-state index in [9.17, 15) is 4.79 Å². The summed E-state index contributed by atoms with van der Waals surface area (Å²) in [5.74, 6) is 1.29. The number of hydrogen-bond donors (Lipinski definition) is 1. The number of nitrogens with zero attached hydrogens (tertiary/aromatic N) is 5. The molecule has 1 aromatic carbocycles. The highest BCUT2D eigenvalue weighted by molar-refractivity contribution is 5.87. The highest BCUT2D eigenvalue weighted by atomic mass is 16.1. The zero-order valence-corrected chi connectivity index (χ0v) is 15.5. The highest BCUT2D eigenvalue weighted by Gasteiger charge is 2.27. The number of amides is 1. The van der Waals surface area contributed by atoms with E-state index < -0.39 is 0 Å². The van der Waals surface area contributed by atoms with E-state index in [1.165, 1.54) is 5.56 Å². The fourth-order valence-electron chi connectivity index (χ4n) is 3.71. The highest BCUT2D eigenvalue weighted by Crippen LogP contribution is 2.28. The van der Waals surface area contributed by atoms with Crippen molar-refractivity contribution in [2.24, 2.45) is 18.7 Å². The van der Waals surface area contributed by atoms with E-state index in [4.69, 9.17) is 15.7 Å². The van der Waals surface area contributed by atoms with Gasteiger partial charge in [-0.05, 0) is 24.8 Å². The molecule has 3 heterocycles. The summed E-state index contributed by atoms with van der Waals surface area (Å²) >= 11 is 0. The topological polar surface area (TPSA) is 89.9 Å². The summed E-state index contributed by atoms with van der Waals surface area (Å²) in [5.41, 5.74) is 7.64. The van der Waals surface area contributed by atoms with Crippen molar-refractivity contribution in [1.29, 1.82) is 0 Å². The minimum Gasteiger partial charge on any atom is -0.369 e. The molecule has 0 spiro atoms. The van der Waals surface area contributed by atoms with Crippen LogP contribution in [-0.4, -0.2) is 38.7 Å². The molecule has 0 bridgehead atoms. The molecule has 1 atom stereocenters. The SMILES string of the molecule is Cn1ncc2c(N3CCC[C@H](C(N)=O)C3)nc(CCc3ccccc3)nc21. The average molecular weight is 364 g/mol. The van der Waals surface area contributed by atoms with Crippen molar-refractivity contribution in [2.45, 2.75) is 25.7 Å². The van der Waals surface area contributed by atoms with Crippen LogP contribution in [0.2, 0.25) is 0 Å². The van der Waals surface area contributed by atoms with Gasteiger partial charge < -0.3 is 10.6 Å². The normalized spacial score (nSPS) is 17.4. The molecule has 4 rings (SSSR count). The summed E-state index contributed by atoms with van der Waals surface area (Å²) in [6, 6.07) is 10.3. The van der Waals surface area contributed by atoms with E-state index in [-0.39, 0.29) is 11.8 Å². The maximum Gasteiger partial charge on any atom is 0.222 e. The van der Waals surface area contributed by atoms with Crippen LogP contribution in [0.5, 0.6) is 0 Å². The minimum atomic E-state index is -0.236. The fourth-order valence-corrected chi connectivity index (χ4v) is 3.71. The van der Waals surface area contributed by atoms with E-state index in [1.807, 2.05) is 25.2 Å². The molecule has 1 saturated heterocycles. The molecule has 2 aromatic heterocycles. The Bertz CT molecular complexity index is 952. The lowest BCUT2D eigenvalue weighted by atomic mass is 9.97. The van der Waals surface area contributed by atoms with Gasteiger partial charge in [-0.3, -0.25) is 9.48 Å². The Morgan fingerprint density at radius 1 is 1.22 bits per heavy atom. The van der Waals surface area contributed by atoms with Gasteiger partial charge in [0.05, 0.1) is 17.5 Å². The number of carbonyl (C=O) groups is 1. The van der Waals surface area contributed by atoms with E-state index in [2.05, 4.69) is 22.1 Å². The second kappa shape index (κ2) is 7.34. The Balaban J connectivity index is 1.65. The van der Waals surface area contributed by atoms with Gasteiger partial charge in [0.1, 0.15) is 11.6 Å². The monoisotopic (exact) mass is 364 g/mol. The van der Waals surface area contributed by atoms with Gasteiger partial charge in [-0.2, -0.15) is 5.10 Å². The third-order valence-corrected chi connectivity index (χ3v) is 5.22. The van der Waals surface area contributed by atoms with Crippen LogP contribution >= 0.6 is 0 Å². The van der Waals surface area contributed by atoms with Crippen LogP contribution in [0.1, 0.15) is 24.2 Å². The third-order valence-electron chi connectivity index (χ3n) is 5.22. The molecule has 0 aliphatic carbocycles. The number of primary amides is 1. The number of aryl methyl sites for hydroxylation is 3. The van der Waals surface area contributed by atoms with Gasteiger partial charge in [-0.1, -0.05) is 30.3 Å². The maximum absolute atomic E-state index is 11.7. The molecule has 0 unspecified atom stereocenters. The number of fused-ring (bicyclic) bond motifs is 1. The van der Waals surface area contributed by atoms with E-state index in [0.29, 0.717) is 6.54 Å². The standard InChI is InChI=1S/C20H24N6O/c1-25-19-16(12-22-25)20(26-11-5-8-15(13-26)18(21)27)24-17(23-19)10-9-14-6-3-2-4-7-14/h2-4,6-7,12,15H,5,8-11,13H2,1H3,(H2,21,27)/t15-/m0/s1. The summed E-state index contributed by atoms with van der Waals surface area (Å²) in [6.45, 7) is 1.47. The number of benzene rings is 1. The van der Waals surface area contributed by atoms with Crippen molar-refractivity contribution in [3.8, 4) is 0 Å². The Hall–Kier alpha value is -2.96. The number of nitrogens with two attached hydrogens (primary N) is 1. The van der Waals surface area contributed by atoms with Crippen LogP contribution in [-0.2, 0) is 24.7 Å². The predicted molar refractivity (Wildman–Crippen MR) is 104 cm³/mol. The van der Waals surface area contributed by atoms with Gasteiger partial charge in [0.2, 0.25) is 5.91 Å². The number of hydrogen-bond acceptors (Lipinski definition) is 5. The molecule has 27 heavy (non-hydrogen) atoms.